The lowest BCUT2D eigenvalue weighted by molar-refractivity contribution is 0.599. The zero-order valence-corrected chi connectivity index (χ0v) is 21.6. The van der Waals surface area contributed by atoms with Crippen LogP contribution in [0.25, 0.3) is 41.8 Å². The molecule has 7 heteroatoms. The normalized spacial score (nSPS) is 13.8. The predicted octanol–water partition coefficient (Wildman–Crippen LogP) is 8.76. The van der Waals surface area contributed by atoms with E-state index in [2.05, 4.69) is 35.0 Å². The van der Waals surface area contributed by atoms with Crippen LogP contribution in [-0.2, 0) is 9.84 Å². The minimum absolute atomic E-state index is 0.438. The molecule has 0 fully saturated rings. The number of thiophene rings is 3. The van der Waals surface area contributed by atoms with Gasteiger partial charge in [-0.3, -0.25) is 0 Å². The number of benzene rings is 2. The molecule has 3 aromatic heterocycles. The minimum atomic E-state index is -3.69. The maximum Gasteiger partial charge on any atom is 0.210 e. The summed E-state index contributed by atoms with van der Waals surface area (Å²) < 4.78 is 29.1. The fraction of sp³-hybridized carbons (Fsp3) is 0.0400. The third kappa shape index (κ3) is 2.96. The number of fused-ring (bicyclic) bond motifs is 3. The van der Waals surface area contributed by atoms with E-state index in [1.165, 1.54) is 16.2 Å². The predicted molar refractivity (Wildman–Crippen MR) is 140 cm³/mol. The van der Waals surface area contributed by atoms with Gasteiger partial charge in [-0.15, -0.1) is 34.0 Å². The Morgan fingerprint density at radius 3 is 1.81 bits per heavy atom. The Labute approximate surface area is 206 Å². The molecule has 5 aromatic rings. The molecule has 2 aromatic carbocycles. The van der Waals surface area contributed by atoms with Gasteiger partial charge in [-0.05, 0) is 46.1 Å². The van der Waals surface area contributed by atoms with Crippen LogP contribution in [-0.4, -0.2) is 8.42 Å². The van der Waals surface area contributed by atoms with Crippen molar-refractivity contribution in [2.24, 2.45) is 0 Å². The van der Waals surface area contributed by atoms with Gasteiger partial charge in [0.15, 0.2) is 0 Å². The van der Waals surface area contributed by atoms with E-state index in [4.69, 9.17) is 0 Å². The van der Waals surface area contributed by atoms with Gasteiger partial charge in [-0.1, -0.05) is 60.7 Å². The van der Waals surface area contributed by atoms with E-state index in [9.17, 15) is 8.42 Å². The Balaban J connectivity index is 1.70. The average molecular weight is 556 g/mol. The summed E-state index contributed by atoms with van der Waals surface area (Å²) in [6.07, 6.45) is 0. The second-order valence-corrected chi connectivity index (χ2v) is 14.0. The molecule has 0 aliphatic carbocycles. The molecule has 1 aliphatic rings. The summed E-state index contributed by atoms with van der Waals surface area (Å²) in [5.74, 6) is 0. The van der Waals surface area contributed by atoms with Gasteiger partial charge in [-0.2, -0.15) is 0 Å². The number of halogens is 1. The van der Waals surface area contributed by atoms with E-state index in [0.717, 1.165) is 45.5 Å². The van der Waals surface area contributed by atoms with Crippen LogP contribution in [0.2, 0.25) is 0 Å². The van der Waals surface area contributed by atoms with Crippen LogP contribution in [0.4, 0.5) is 0 Å². The molecule has 0 saturated carbocycles. The maximum atomic E-state index is 14.1. The molecule has 0 N–H and O–H groups in total. The number of aryl methyl sites for hydroxylation is 1. The number of hydrogen-bond acceptors (Lipinski definition) is 5. The second kappa shape index (κ2) is 7.50. The van der Waals surface area contributed by atoms with Crippen LogP contribution in [0.3, 0.4) is 0 Å². The smallest absolute Gasteiger partial charge is 0.210 e. The molecule has 2 nitrogen and oxygen atoms in total. The molecule has 0 bridgehead atoms. The van der Waals surface area contributed by atoms with Gasteiger partial charge in [-0.25, -0.2) is 8.42 Å². The molecular formula is C25H15BrO2S4. The monoisotopic (exact) mass is 554 g/mol. The fourth-order valence-electron chi connectivity index (χ4n) is 4.17. The molecule has 1 aliphatic heterocycles. The molecule has 158 valence electrons. The van der Waals surface area contributed by atoms with Crippen molar-refractivity contribution >= 4 is 59.8 Å². The molecule has 0 radical (unpaired) electrons. The standard InChI is InChI=1S/C25H15BrO2S4/c1-14-12-13-17(29-14)20-18(15-8-4-2-5-9-15)23-21(30-20)22-24(32(23,27)28)19(25(26)31-22)16-10-6-3-7-11-16/h2-13H,1H3. The first-order valence-electron chi connectivity index (χ1n) is 9.89. The Bertz CT molecular complexity index is 1590. The van der Waals surface area contributed by atoms with Crippen molar-refractivity contribution in [3.8, 4) is 41.8 Å². The highest BCUT2D eigenvalue weighted by Crippen LogP contribution is 2.62. The first-order valence-corrected chi connectivity index (χ1v) is 14.6. The SMILES string of the molecule is Cc1ccc(-c2sc3c(c2-c2ccccc2)S(=O)(=O)c2c-3sc(Br)c2-c2ccccc2)s1. The Hall–Kier alpha value is -2.03. The quantitative estimate of drug-likeness (QED) is 0.219. The summed E-state index contributed by atoms with van der Waals surface area (Å²) in [6, 6.07) is 23.8. The van der Waals surface area contributed by atoms with E-state index in [-0.39, 0.29) is 0 Å². The summed E-state index contributed by atoms with van der Waals surface area (Å²) in [5.41, 5.74) is 3.43. The van der Waals surface area contributed by atoms with Crippen molar-refractivity contribution in [1.29, 1.82) is 0 Å². The highest BCUT2D eigenvalue weighted by molar-refractivity contribution is 9.11. The Morgan fingerprint density at radius 1 is 0.656 bits per heavy atom. The fourth-order valence-corrected chi connectivity index (χ4v) is 11.5. The first kappa shape index (κ1) is 20.6. The summed E-state index contributed by atoms with van der Waals surface area (Å²) in [4.78, 5) is 5.94. The summed E-state index contributed by atoms with van der Waals surface area (Å²) >= 11 is 8.47. The lowest BCUT2D eigenvalue weighted by atomic mass is 10.0. The van der Waals surface area contributed by atoms with Crippen LogP contribution < -0.4 is 0 Å². The third-order valence-electron chi connectivity index (χ3n) is 5.52. The van der Waals surface area contributed by atoms with E-state index in [1.54, 1.807) is 22.7 Å². The molecule has 0 amide bonds. The van der Waals surface area contributed by atoms with Crippen molar-refractivity contribution < 1.29 is 8.42 Å². The van der Waals surface area contributed by atoms with Gasteiger partial charge in [0.25, 0.3) is 0 Å². The summed E-state index contributed by atoms with van der Waals surface area (Å²) in [6.45, 7) is 2.08. The van der Waals surface area contributed by atoms with Gasteiger partial charge in [0, 0.05) is 20.9 Å². The molecule has 6 rings (SSSR count). The van der Waals surface area contributed by atoms with Crippen LogP contribution in [0.5, 0.6) is 0 Å². The topological polar surface area (TPSA) is 34.1 Å². The molecule has 0 atom stereocenters. The van der Waals surface area contributed by atoms with E-state index in [1.807, 2.05) is 60.7 Å². The minimum Gasteiger partial charge on any atom is -0.218 e. The average Bonchev–Trinajstić information content (AvgIpc) is 3.52. The van der Waals surface area contributed by atoms with E-state index in [0.29, 0.717) is 9.79 Å². The molecule has 4 heterocycles. The summed E-state index contributed by atoms with van der Waals surface area (Å²) in [7, 11) is -3.69. The van der Waals surface area contributed by atoms with Crippen molar-refractivity contribution in [1.82, 2.24) is 0 Å². The van der Waals surface area contributed by atoms with Gasteiger partial charge in [0.05, 0.1) is 23.3 Å². The van der Waals surface area contributed by atoms with Crippen molar-refractivity contribution in [2.75, 3.05) is 0 Å². The van der Waals surface area contributed by atoms with Gasteiger partial charge in [0.2, 0.25) is 9.84 Å². The molecule has 0 saturated heterocycles. The van der Waals surface area contributed by atoms with Crippen molar-refractivity contribution in [2.45, 2.75) is 16.7 Å². The van der Waals surface area contributed by atoms with Crippen LogP contribution in [0.1, 0.15) is 4.88 Å². The third-order valence-corrected chi connectivity index (χ3v) is 12.1. The molecular weight excluding hydrogens is 540 g/mol. The zero-order valence-electron chi connectivity index (χ0n) is 16.8. The lowest BCUT2D eigenvalue weighted by Crippen LogP contribution is -2.00. The van der Waals surface area contributed by atoms with Crippen molar-refractivity contribution in [3.63, 3.8) is 0 Å². The highest BCUT2D eigenvalue weighted by Gasteiger charge is 2.44. The maximum absolute atomic E-state index is 14.1. The van der Waals surface area contributed by atoms with E-state index < -0.39 is 9.84 Å². The molecule has 0 spiro atoms. The van der Waals surface area contributed by atoms with Crippen LogP contribution in [0.15, 0.2) is 86.4 Å². The largest absolute Gasteiger partial charge is 0.218 e. The van der Waals surface area contributed by atoms with Gasteiger partial charge >= 0.3 is 0 Å². The lowest BCUT2D eigenvalue weighted by Gasteiger charge is -2.09. The second-order valence-electron chi connectivity index (χ2n) is 7.52. The van der Waals surface area contributed by atoms with Gasteiger partial charge < -0.3 is 0 Å². The van der Waals surface area contributed by atoms with Crippen molar-refractivity contribution in [3.05, 3.63) is 81.5 Å². The molecule has 0 unspecified atom stereocenters. The van der Waals surface area contributed by atoms with Crippen LogP contribution >= 0.6 is 49.9 Å². The number of rotatable bonds is 3. The number of sulfone groups is 1. The first-order chi connectivity index (χ1) is 15.5. The number of hydrogen-bond donors (Lipinski definition) is 0. The molecule has 32 heavy (non-hydrogen) atoms. The Morgan fingerprint density at radius 2 is 1.22 bits per heavy atom. The van der Waals surface area contributed by atoms with Crippen LogP contribution in [0, 0.1) is 6.92 Å². The van der Waals surface area contributed by atoms with E-state index >= 15 is 0 Å². The summed E-state index contributed by atoms with van der Waals surface area (Å²) in [5, 5.41) is 0. The van der Waals surface area contributed by atoms with Gasteiger partial charge in [0.1, 0.15) is 4.90 Å². The Kier molecular flexibility index (Phi) is 4.82. The highest BCUT2D eigenvalue weighted by atomic mass is 79.9. The zero-order chi connectivity index (χ0) is 22.0.